The minimum absolute atomic E-state index is 0.0938. The summed E-state index contributed by atoms with van der Waals surface area (Å²) in [5, 5.41) is 1.07. The molecule has 0 unspecified atom stereocenters. The molecule has 0 bridgehead atoms. The van der Waals surface area contributed by atoms with Crippen molar-refractivity contribution in [3.05, 3.63) is 53.1 Å². The Morgan fingerprint density at radius 2 is 1.93 bits per heavy atom. The van der Waals surface area contributed by atoms with Gasteiger partial charge in [-0.05, 0) is 18.2 Å². The van der Waals surface area contributed by atoms with Crippen molar-refractivity contribution in [3.63, 3.8) is 0 Å². The molecule has 0 atom stereocenters. The van der Waals surface area contributed by atoms with Gasteiger partial charge in [-0.2, -0.15) is 0 Å². The van der Waals surface area contributed by atoms with Gasteiger partial charge < -0.3 is 4.98 Å². The Morgan fingerprint density at radius 3 is 2.86 bits per heavy atom. The van der Waals surface area contributed by atoms with E-state index in [2.05, 4.69) is 4.98 Å². The van der Waals surface area contributed by atoms with E-state index in [0.29, 0.717) is 0 Å². The maximum atomic E-state index is 11.6. The van der Waals surface area contributed by atoms with Crippen LogP contribution in [0.4, 0.5) is 0 Å². The number of hydrogen-bond acceptors (Lipinski definition) is 1. The molecule has 14 heavy (non-hydrogen) atoms. The van der Waals surface area contributed by atoms with Crippen LogP contribution in [0.2, 0.25) is 0 Å². The van der Waals surface area contributed by atoms with E-state index in [4.69, 9.17) is 0 Å². The number of aromatic nitrogens is 2. The van der Waals surface area contributed by atoms with Gasteiger partial charge in [0.15, 0.2) is 0 Å². The van der Waals surface area contributed by atoms with Gasteiger partial charge in [0.05, 0.1) is 11.0 Å². The second-order valence-electron chi connectivity index (χ2n) is 3.24. The first-order valence-corrected chi connectivity index (χ1v) is 4.44. The van der Waals surface area contributed by atoms with Crippen LogP contribution in [0.15, 0.2) is 47.4 Å². The number of nitrogens with one attached hydrogen (secondary N) is 1. The molecule has 0 aliphatic carbocycles. The summed E-state index contributed by atoms with van der Waals surface area (Å²) in [7, 11) is 0. The Labute approximate surface area is 79.6 Å². The molecule has 68 valence electrons. The van der Waals surface area contributed by atoms with Gasteiger partial charge in [-0.15, -0.1) is 0 Å². The third-order valence-corrected chi connectivity index (χ3v) is 2.41. The molecule has 0 aliphatic rings. The average molecular weight is 184 g/mol. The molecular formula is C11H8N2O. The summed E-state index contributed by atoms with van der Waals surface area (Å²) >= 11 is 0. The van der Waals surface area contributed by atoms with Crippen LogP contribution < -0.4 is 5.69 Å². The van der Waals surface area contributed by atoms with Crippen molar-refractivity contribution < 1.29 is 0 Å². The van der Waals surface area contributed by atoms with Crippen LogP contribution in [0, 0.1) is 0 Å². The molecular weight excluding hydrogens is 176 g/mol. The first kappa shape index (κ1) is 7.38. The van der Waals surface area contributed by atoms with Crippen LogP contribution in [0.25, 0.3) is 16.4 Å². The van der Waals surface area contributed by atoms with E-state index < -0.39 is 0 Å². The highest BCUT2D eigenvalue weighted by Crippen LogP contribution is 2.15. The molecule has 0 amide bonds. The Balaban J connectivity index is 2.73. The van der Waals surface area contributed by atoms with Crippen molar-refractivity contribution in [2.24, 2.45) is 0 Å². The molecule has 0 saturated carbocycles. The highest BCUT2D eigenvalue weighted by molar-refractivity contribution is 5.93. The van der Waals surface area contributed by atoms with Gasteiger partial charge >= 0.3 is 5.69 Å². The average Bonchev–Trinajstić information content (AvgIpc) is 2.67. The molecule has 0 aliphatic heterocycles. The molecule has 0 fully saturated rings. The first-order valence-electron chi connectivity index (χ1n) is 4.44. The minimum Gasteiger partial charge on any atom is -0.307 e. The second-order valence-corrected chi connectivity index (χ2v) is 3.24. The number of hydrogen-bond donors (Lipinski definition) is 1. The second kappa shape index (κ2) is 2.48. The lowest BCUT2D eigenvalue weighted by atomic mass is 10.2. The molecule has 3 aromatic rings. The largest absolute Gasteiger partial charge is 0.330 e. The predicted molar refractivity (Wildman–Crippen MR) is 55.5 cm³/mol. The number of nitrogens with zero attached hydrogens (tertiary/aromatic N) is 1. The number of aromatic amines is 1. The summed E-state index contributed by atoms with van der Waals surface area (Å²) in [6.07, 6.45) is 1.76. The van der Waals surface area contributed by atoms with Crippen LogP contribution in [-0.4, -0.2) is 9.38 Å². The van der Waals surface area contributed by atoms with Gasteiger partial charge in [-0.25, -0.2) is 4.79 Å². The van der Waals surface area contributed by atoms with Crippen molar-refractivity contribution in [2.75, 3.05) is 0 Å². The fourth-order valence-corrected chi connectivity index (χ4v) is 1.77. The quantitative estimate of drug-likeness (QED) is 0.568. The number of rotatable bonds is 0. The van der Waals surface area contributed by atoms with Gasteiger partial charge in [0.1, 0.15) is 0 Å². The van der Waals surface area contributed by atoms with E-state index in [-0.39, 0.29) is 5.69 Å². The van der Waals surface area contributed by atoms with Crippen LogP contribution in [0.1, 0.15) is 0 Å². The molecule has 3 rings (SSSR count). The van der Waals surface area contributed by atoms with Crippen molar-refractivity contribution in [1.29, 1.82) is 0 Å². The maximum absolute atomic E-state index is 11.6. The summed E-state index contributed by atoms with van der Waals surface area (Å²) in [6.45, 7) is 0. The Kier molecular flexibility index (Phi) is 1.31. The Bertz CT molecular complexity index is 663. The zero-order valence-corrected chi connectivity index (χ0v) is 7.40. The Hall–Kier alpha value is -2.03. The number of para-hydroxylation sites is 1. The summed E-state index contributed by atoms with van der Waals surface area (Å²) in [4.78, 5) is 14.4. The van der Waals surface area contributed by atoms with Gasteiger partial charge in [0, 0.05) is 11.6 Å². The SMILES string of the molecule is O=c1[nH]c2ccccc2c2cccn12. The van der Waals surface area contributed by atoms with Gasteiger partial charge in [0.25, 0.3) is 0 Å². The lowest BCUT2D eigenvalue weighted by Gasteiger charge is -1.99. The first-order chi connectivity index (χ1) is 6.86. The molecule has 3 heteroatoms. The molecule has 2 heterocycles. The molecule has 1 N–H and O–H groups in total. The monoisotopic (exact) mass is 184 g/mol. The summed E-state index contributed by atoms with van der Waals surface area (Å²) < 4.78 is 1.61. The third kappa shape index (κ3) is 0.836. The molecule has 1 aromatic carbocycles. The summed E-state index contributed by atoms with van der Waals surface area (Å²) in [5.74, 6) is 0. The smallest absolute Gasteiger partial charge is 0.307 e. The van der Waals surface area contributed by atoms with E-state index in [0.717, 1.165) is 16.4 Å². The fraction of sp³-hybridized carbons (Fsp3) is 0. The highest BCUT2D eigenvalue weighted by atomic mass is 16.1. The zero-order chi connectivity index (χ0) is 9.54. The van der Waals surface area contributed by atoms with Gasteiger partial charge in [0.2, 0.25) is 0 Å². The topological polar surface area (TPSA) is 37.3 Å². The van der Waals surface area contributed by atoms with Crippen LogP contribution in [0.5, 0.6) is 0 Å². The lowest BCUT2D eigenvalue weighted by molar-refractivity contribution is 1.04. The molecule has 2 aromatic heterocycles. The maximum Gasteiger partial charge on any atom is 0.330 e. The number of fused-ring (bicyclic) bond motifs is 3. The standard InChI is InChI=1S/C11H8N2O/c14-11-12-9-5-2-1-4-8(9)10-6-3-7-13(10)11/h1-7H,(H,12,14). The van der Waals surface area contributed by atoms with E-state index >= 15 is 0 Å². The molecule has 0 spiro atoms. The number of benzene rings is 1. The highest BCUT2D eigenvalue weighted by Gasteiger charge is 2.01. The van der Waals surface area contributed by atoms with E-state index in [1.807, 2.05) is 36.4 Å². The van der Waals surface area contributed by atoms with Gasteiger partial charge in [-0.3, -0.25) is 4.40 Å². The van der Waals surface area contributed by atoms with Crippen LogP contribution in [-0.2, 0) is 0 Å². The predicted octanol–water partition coefficient (Wildman–Crippen LogP) is 1.78. The Morgan fingerprint density at radius 1 is 1.07 bits per heavy atom. The van der Waals surface area contributed by atoms with Crippen LogP contribution >= 0.6 is 0 Å². The zero-order valence-electron chi connectivity index (χ0n) is 7.40. The molecule has 0 saturated heterocycles. The fourth-order valence-electron chi connectivity index (χ4n) is 1.77. The van der Waals surface area contributed by atoms with Crippen molar-refractivity contribution in [2.45, 2.75) is 0 Å². The minimum atomic E-state index is -0.0938. The van der Waals surface area contributed by atoms with Crippen molar-refractivity contribution >= 4 is 16.4 Å². The van der Waals surface area contributed by atoms with E-state index in [1.165, 1.54) is 0 Å². The third-order valence-electron chi connectivity index (χ3n) is 2.41. The summed E-state index contributed by atoms with van der Waals surface area (Å²) in [5.41, 5.74) is 1.73. The summed E-state index contributed by atoms with van der Waals surface area (Å²) in [6, 6.07) is 11.6. The molecule has 3 nitrogen and oxygen atoms in total. The molecule has 0 radical (unpaired) electrons. The number of H-pyrrole nitrogens is 1. The van der Waals surface area contributed by atoms with Crippen molar-refractivity contribution in [3.8, 4) is 0 Å². The van der Waals surface area contributed by atoms with Crippen LogP contribution in [0.3, 0.4) is 0 Å². The van der Waals surface area contributed by atoms with E-state index in [1.54, 1.807) is 10.6 Å². The van der Waals surface area contributed by atoms with Crippen molar-refractivity contribution in [1.82, 2.24) is 9.38 Å². The van der Waals surface area contributed by atoms with E-state index in [9.17, 15) is 4.79 Å². The van der Waals surface area contributed by atoms with Gasteiger partial charge in [-0.1, -0.05) is 18.2 Å². The lowest BCUT2D eigenvalue weighted by Crippen LogP contribution is -2.14. The normalized spacial score (nSPS) is 11.1.